The van der Waals surface area contributed by atoms with E-state index in [-0.39, 0.29) is 6.04 Å². The van der Waals surface area contributed by atoms with Crippen LogP contribution in [0, 0.1) is 0 Å². The van der Waals surface area contributed by atoms with Crippen molar-refractivity contribution in [2.45, 2.75) is 6.04 Å². The van der Waals surface area contributed by atoms with E-state index in [1.165, 1.54) is 9.75 Å². The molecule has 0 radical (unpaired) electrons. The Kier molecular flexibility index (Phi) is 4.27. The van der Waals surface area contributed by atoms with Gasteiger partial charge in [0.2, 0.25) is 0 Å². The number of aromatic nitrogens is 1. The summed E-state index contributed by atoms with van der Waals surface area (Å²) in [5.74, 6) is 0. The summed E-state index contributed by atoms with van der Waals surface area (Å²) in [5.41, 5.74) is 0.938. The zero-order valence-corrected chi connectivity index (χ0v) is 13.4. The van der Waals surface area contributed by atoms with E-state index in [2.05, 4.69) is 21.7 Å². The molecular weight excluding hydrogens is 331 g/mol. The van der Waals surface area contributed by atoms with Crippen LogP contribution in [0.5, 0.6) is 0 Å². The molecular formula is C14H10Cl2N2S2. The fourth-order valence-electron chi connectivity index (χ4n) is 1.88. The van der Waals surface area contributed by atoms with Crippen LogP contribution in [-0.4, -0.2) is 4.98 Å². The smallest absolute Gasteiger partial charge is 0.131 e. The lowest BCUT2D eigenvalue weighted by Gasteiger charge is -2.17. The van der Waals surface area contributed by atoms with Gasteiger partial charge in [-0.25, -0.2) is 4.98 Å². The van der Waals surface area contributed by atoms with Crippen molar-refractivity contribution in [2.24, 2.45) is 0 Å². The lowest BCUT2D eigenvalue weighted by atomic mass is 10.2. The number of rotatable bonds is 4. The van der Waals surface area contributed by atoms with Gasteiger partial charge in [0, 0.05) is 21.6 Å². The third kappa shape index (κ3) is 3.15. The first-order valence-electron chi connectivity index (χ1n) is 5.89. The van der Waals surface area contributed by atoms with Crippen molar-refractivity contribution in [3.8, 4) is 0 Å². The van der Waals surface area contributed by atoms with Crippen LogP contribution in [0.15, 0.2) is 48.0 Å². The quantitative estimate of drug-likeness (QED) is 0.615. The molecule has 1 atom stereocenters. The predicted molar refractivity (Wildman–Crippen MR) is 88.4 cm³/mol. The van der Waals surface area contributed by atoms with Crippen LogP contribution in [0.1, 0.15) is 15.8 Å². The topological polar surface area (TPSA) is 24.9 Å². The van der Waals surface area contributed by atoms with E-state index in [0.717, 1.165) is 10.0 Å². The molecule has 102 valence electrons. The maximum absolute atomic E-state index is 6.06. The summed E-state index contributed by atoms with van der Waals surface area (Å²) >= 11 is 15.3. The van der Waals surface area contributed by atoms with E-state index >= 15 is 0 Å². The van der Waals surface area contributed by atoms with Crippen LogP contribution < -0.4 is 5.32 Å². The second-order valence-corrected chi connectivity index (χ2v) is 7.22. The third-order valence-electron chi connectivity index (χ3n) is 2.74. The van der Waals surface area contributed by atoms with Crippen molar-refractivity contribution in [1.82, 2.24) is 4.98 Å². The molecule has 0 aliphatic rings. The molecule has 3 aromatic rings. The molecule has 0 amide bonds. The van der Waals surface area contributed by atoms with Gasteiger partial charge in [-0.3, -0.25) is 0 Å². The number of hydrogen-bond donors (Lipinski definition) is 1. The summed E-state index contributed by atoms with van der Waals surface area (Å²) in [6, 6.07) is 11.9. The van der Waals surface area contributed by atoms with Gasteiger partial charge in [-0.05, 0) is 35.7 Å². The van der Waals surface area contributed by atoms with E-state index < -0.39 is 0 Å². The summed E-state index contributed by atoms with van der Waals surface area (Å²) in [6.45, 7) is 0. The van der Waals surface area contributed by atoms with E-state index in [0.29, 0.717) is 5.15 Å². The van der Waals surface area contributed by atoms with E-state index in [1.54, 1.807) is 28.9 Å². The average Bonchev–Trinajstić information content (AvgIpc) is 3.07. The minimum absolute atomic E-state index is 0.0750. The first-order chi connectivity index (χ1) is 9.72. The van der Waals surface area contributed by atoms with E-state index in [1.807, 2.05) is 30.3 Å². The highest BCUT2D eigenvalue weighted by Gasteiger charge is 2.17. The number of pyridine rings is 1. The SMILES string of the molecule is Clc1cc(NC(c2cccs2)c2ccc(Cl)s2)ccn1. The molecule has 0 aliphatic heterocycles. The van der Waals surface area contributed by atoms with Gasteiger partial charge >= 0.3 is 0 Å². The van der Waals surface area contributed by atoms with Gasteiger partial charge in [-0.2, -0.15) is 0 Å². The van der Waals surface area contributed by atoms with Gasteiger partial charge in [-0.1, -0.05) is 29.3 Å². The Bertz CT molecular complexity index is 695. The second-order valence-electron chi connectivity index (χ2n) is 4.10. The summed E-state index contributed by atoms with van der Waals surface area (Å²) < 4.78 is 0.788. The highest BCUT2D eigenvalue weighted by molar-refractivity contribution is 7.16. The zero-order chi connectivity index (χ0) is 13.9. The van der Waals surface area contributed by atoms with Crippen molar-refractivity contribution >= 4 is 51.6 Å². The number of nitrogens with one attached hydrogen (secondary N) is 1. The molecule has 1 N–H and O–H groups in total. The number of nitrogens with zero attached hydrogens (tertiary/aromatic N) is 1. The highest BCUT2D eigenvalue weighted by Crippen LogP contribution is 2.35. The molecule has 20 heavy (non-hydrogen) atoms. The first-order valence-corrected chi connectivity index (χ1v) is 8.34. The Labute approximate surface area is 135 Å². The molecule has 3 aromatic heterocycles. The van der Waals surface area contributed by atoms with Gasteiger partial charge in [-0.15, -0.1) is 22.7 Å². The van der Waals surface area contributed by atoms with E-state index in [9.17, 15) is 0 Å². The molecule has 6 heteroatoms. The number of halogens is 2. The Morgan fingerprint density at radius 2 is 2.00 bits per heavy atom. The molecule has 0 fully saturated rings. The Hall–Kier alpha value is -1.07. The van der Waals surface area contributed by atoms with Crippen molar-refractivity contribution in [2.75, 3.05) is 5.32 Å². The molecule has 3 rings (SSSR count). The number of anilines is 1. The molecule has 0 saturated carbocycles. The summed E-state index contributed by atoms with van der Waals surface area (Å²) in [4.78, 5) is 6.40. The van der Waals surface area contributed by atoms with E-state index in [4.69, 9.17) is 23.2 Å². The van der Waals surface area contributed by atoms with Crippen LogP contribution in [0.3, 0.4) is 0 Å². The van der Waals surface area contributed by atoms with Crippen LogP contribution in [0.25, 0.3) is 0 Å². The lowest BCUT2D eigenvalue weighted by molar-refractivity contribution is 0.991. The van der Waals surface area contributed by atoms with Gasteiger partial charge in [0.25, 0.3) is 0 Å². The summed E-state index contributed by atoms with van der Waals surface area (Å²) in [6.07, 6.45) is 1.69. The molecule has 0 aliphatic carbocycles. The molecule has 2 nitrogen and oxygen atoms in total. The Balaban J connectivity index is 1.94. The fourth-order valence-corrected chi connectivity index (χ4v) is 4.05. The van der Waals surface area contributed by atoms with Crippen molar-refractivity contribution in [1.29, 1.82) is 0 Å². The molecule has 3 heterocycles. The lowest BCUT2D eigenvalue weighted by Crippen LogP contribution is -2.09. The molecule has 0 bridgehead atoms. The highest BCUT2D eigenvalue weighted by atomic mass is 35.5. The molecule has 0 saturated heterocycles. The minimum Gasteiger partial charge on any atom is -0.373 e. The average molecular weight is 341 g/mol. The van der Waals surface area contributed by atoms with Crippen LogP contribution in [0.4, 0.5) is 5.69 Å². The normalized spacial score (nSPS) is 12.3. The van der Waals surface area contributed by atoms with Gasteiger partial charge in [0.1, 0.15) is 5.15 Å². The summed E-state index contributed by atoms with van der Waals surface area (Å²) in [7, 11) is 0. The van der Waals surface area contributed by atoms with Crippen LogP contribution >= 0.6 is 45.9 Å². The Morgan fingerprint density at radius 1 is 1.10 bits per heavy atom. The maximum Gasteiger partial charge on any atom is 0.131 e. The molecule has 0 aromatic carbocycles. The monoisotopic (exact) mass is 340 g/mol. The fraction of sp³-hybridized carbons (Fsp3) is 0.0714. The van der Waals surface area contributed by atoms with Gasteiger partial charge < -0.3 is 5.32 Å². The second kappa shape index (κ2) is 6.14. The van der Waals surface area contributed by atoms with Crippen molar-refractivity contribution < 1.29 is 0 Å². The van der Waals surface area contributed by atoms with Crippen LogP contribution in [-0.2, 0) is 0 Å². The number of thiophene rings is 2. The van der Waals surface area contributed by atoms with Gasteiger partial charge in [0.05, 0.1) is 10.4 Å². The standard InChI is InChI=1S/C14H10Cl2N2S2/c15-12-8-9(5-6-17-12)18-14(10-2-1-7-19-10)11-3-4-13(16)20-11/h1-8,14H,(H,17,18). The molecule has 1 unspecified atom stereocenters. The Morgan fingerprint density at radius 3 is 2.65 bits per heavy atom. The molecule has 0 spiro atoms. The van der Waals surface area contributed by atoms with Crippen molar-refractivity contribution in [3.05, 3.63) is 67.2 Å². The largest absolute Gasteiger partial charge is 0.373 e. The summed E-state index contributed by atoms with van der Waals surface area (Å²) in [5, 5.41) is 6.03. The van der Waals surface area contributed by atoms with Crippen LogP contribution in [0.2, 0.25) is 9.49 Å². The van der Waals surface area contributed by atoms with Gasteiger partial charge in [0.15, 0.2) is 0 Å². The minimum atomic E-state index is 0.0750. The predicted octanol–water partition coefficient (Wildman–Crippen LogP) is 5.71. The number of hydrogen-bond acceptors (Lipinski definition) is 4. The third-order valence-corrected chi connectivity index (χ3v) is 5.18. The zero-order valence-electron chi connectivity index (χ0n) is 10.2. The first kappa shape index (κ1) is 13.9. The maximum atomic E-state index is 6.06. The van der Waals surface area contributed by atoms with Crippen molar-refractivity contribution in [3.63, 3.8) is 0 Å².